The molecule has 4 nitrogen and oxygen atoms in total. The summed E-state index contributed by atoms with van der Waals surface area (Å²) >= 11 is 0. The topological polar surface area (TPSA) is 69.9 Å². The van der Waals surface area contributed by atoms with Crippen LogP contribution in [0.15, 0.2) is 30.3 Å². The molecule has 0 aliphatic carbocycles. The fourth-order valence-corrected chi connectivity index (χ4v) is 2.49. The summed E-state index contributed by atoms with van der Waals surface area (Å²) in [5.74, 6) is 0.552. The molecular formula is C16H14O4. The van der Waals surface area contributed by atoms with E-state index in [2.05, 4.69) is 0 Å². The maximum absolute atomic E-state index is 10.4. The summed E-state index contributed by atoms with van der Waals surface area (Å²) in [6.07, 6.45) is 0. The minimum atomic E-state index is -0.00322. The Morgan fingerprint density at radius 2 is 1.35 bits per heavy atom. The number of benzene rings is 3. The number of ether oxygens (including phenoxy) is 1. The Hall–Kier alpha value is -2.62. The number of rotatable bonds is 1. The number of hydrogen-bond donors (Lipinski definition) is 3. The van der Waals surface area contributed by atoms with Crippen LogP contribution in [-0.4, -0.2) is 22.4 Å². The zero-order valence-corrected chi connectivity index (χ0v) is 11.1. The predicted molar refractivity (Wildman–Crippen MR) is 77.7 cm³/mol. The third kappa shape index (κ3) is 1.69. The lowest BCUT2D eigenvalue weighted by atomic mass is 9.99. The van der Waals surface area contributed by atoms with Gasteiger partial charge in [0.1, 0.15) is 23.0 Å². The summed E-state index contributed by atoms with van der Waals surface area (Å²) in [5.41, 5.74) is 0.844. The Bertz CT molecular complexity index is 837. The van der Waals surface area contributed by atoms with Gasteiger partial charge in [-0.1, -0.05) is 0 Å². The molecule has 0 heterocycles. The molecule has 0 amide bonds. The van der Waals surface area contributed by atoms with Crippen LogP contribution >= 0.6 is 0 Å². The summed E-state index contributed by atoms with van der Waals surface area (Å²) in [7, 11) is 1.49. The van der Waals surface area contributed by atoms with Gasteiger partial charge >= 0.3 is 0 Å². The van der Waals surface area contributed by atoms with Crippen LogP contribution < -0.4 is 4.74 Å². The molecule has 0 aliphatic heterocycles. The van der Waals surface area contributed by atoms with Gasteiger partial charge in [0, 0.05) is 27.6 Å². The van der Waals surface area contributed by atoms with Gasteiger partial charge < -0.3 is 20.1 Å². The molecule has 0 aromatic heterocycles. The molecule has 3 N–H and O–H groups in total. The molecule has 20 heavy (non-hydrogen) atoms. The first-order chi connectivity index (χ1) is 9.51. The molecule has 0 atom stereocenters. The first-order valence-electron chi connectivity index (χ1n) is 6.17. The van der Waals surface area contributed by atoms with Crippen molar-refractivity contribution < 1.29 is 20.1 Å². The van der Waals surface area contributed by atoms with Gasteiger partial charge in [-0.15, -0.1) is 0 Å². The normalized spacial score (nSPS) is 11.1. The van der Waals surface area contributed by atoms with Gasteiger partial charge in [0.2, 0.25) is 0 Å². The molecule has 3 aromatic carbocycles. The number of aromatic hydroxyl groups is 3. The van der Waals surface area contributed by atoms with Crippen molar-refractivity contribution in [3.8, 4) is 23.0 Å². The smallest absolute Gasteiger partial charge is 0.131 e. The predicted octanol–water partition coefficient (Wildman–Crippen LogP) is 3.43. The lowest BCUT2D eigenvalue weighted by Gasteiger charge is -2.11. The number of phenols is 3. The van der Waals surface area contributed by atoms with Crippen LogP contribution in [0.4, 0.5) is 0 Å². The highest BCUT2D eigenvalue weighted by Crippen LogP contribution is 2.42. The van der Waals surface area contributed by atoms with E-state index in [1.807, 2.05) is 6.92 Å². The first-order valence-corrected chi connectivity index (χ1v) is 6.17. The second-order valence-electron chi connectivity index (χ2n) is 4.85. The van der Waals surface area contributed by atoms with Crippen LogP contribution in [0.1, 0.15) is 5.56 Å². The highest BCUT2D eigenvalue weighted by atomic mass is 16.5. The number of hydrogen-bond acceptors (Lipinski definition) is 4. The van der Waals surface area contributed by atoms with Crippen molar-refractivity contribution >= 4 is 21.5 Å². The van der Waals surface area contributed by atoms with E-state index in [1.165, 1.54) is 13.2 Å². The van der Waals surface area contributed by atoms with E-state index in [-0.39, 0.29) is 17.2 Å². The second-order valence-corrected chi connectivity index (χ2v) is 4.85. The molecule has 3 aromatic rings. The monoisotopic (exact) mass is 270 g/mol. The van der Waals surface area contributed by atoms with Crippen molar-refractivity contribution in [3.05, 3.63) is 35.9 Å². The van der Waals surface area contributed by atoms with Crippen LogP contribution in [0.5, 0.6) is 23.0 Å². The van der Waals surface area contributed by atoms with Gasteiger partial charge in [-0.3, -0.25) is 0 Å². The molecule has 0 fully saturated rings. The van der Waals surface area contributed by atoms with E-state index in [0.29, 0.717) is 27.3 Å². The highest BCUT2D eigenvalue weighted by Gasteiger charge is 2.14. The standard InChI is InChI=1S/C16H14O4/c1-8-3-12-10(14(17)4-8)7-11-13(16(12)19)5-9(20-2)6-15(11)18/h3-7,17-19H,1-2H3. The molecule has 0 saturated carbocycles. The van der Waals surface area contributed by atoms with Gasteiger partial charge in [0.15, 0.2) is 0 Å². The number of phenolic OH excluding ortho intramolecular Hbond substituents is 3. The van der Waals surface area contributed by atoms with Crippen molar-refractivity contribution in [2.45, 2.75) is 6.92 Å². The van der Waals surface area contributed by atoms with Gasteiger partial charge in [-0.25, -0.2) is 0 Å². The average molecular weight is 270 g/mol. The number of aryl methyl sites for hydroxylation is 1. The van der Waals surface area contributed by atoms with Gasteiger partial charge in [-0.05, 0) is 36.8 Å². The Balaban J connectivity index is 2.54. The minimum absolute atomic E-state index is 0.00322. The van der Waals surface area contributed by atoms with E-state index < -0.39 is 0 Å². The molecule has 4 heteroatoms. The Kier molecular flexibility index (Phi) is 2.61. The van der Waals surface area contributed by atoms with Crippen LogP contribution in [-0.2, 0) is 0 Å². The summed E-state index contributed by atoms with van der Waals surface area (Å²) in [6, 6.07) is 8.20. The summed E-state index contributed by atoms with van der Waals surface area (Å²) in [4.78, 5) is 0. The summed E-state index contributed by atoms with van der Waals surface area (Å²) in [6.45, 7) is 1.84. The van der Waals surface area contributed by atoms with E-state index in [1.54, 1.807) is 24.3 Å². The van der Waals surface area contributed by atoms with Crippen LogP contribution in [0, 0.1) is 6.92 Å². The Morgan fingerprint density at radius 1 is 0.750 bits per heavy atom. The van der Waals surface area contributed by atoms with E-state index in [4.69, 9.17) is 4.74 Å². The molecule has 102 valence electrons. The van der Waals surface area contributed by atoms with Crippen molar-refractivity contribution in [2.24, 2.45) is 0 Å². The molecule has 0 bridgehead atoms. The third-order valence-electron chi connectivity index (χ3n) is 3.47. The van der Waals surface area contributed by atoms with Gasteiger partial charge in [0.25, 0.3) is 0 Å². The third-order valence-corrected chi connectivity index (χ3v) is 3.47. The molecule has 0 aliphatic rings. The molecular weight excluding hydrogens is 256 g/mol. The molecule has 0 spiro atoms. The average Bonchev–Trinajstić information content (AvgIpc) is 2.41. The SMILES string of the molecule is COc1cc(O)c2cc3c(O)cc(C)cc3c(O)c2c1. The second kappa shape index (κ2) is 4.20. The Morgan fingerprint density at radius 3 is 2.00 bits per heavy atom. The highest BCUT2D eigenvalue weighted by molar-refractivity contribution is 6.09. The van der Waals surface area contributed by atoms with E-state index in [9.17, 15) is 15.3 Å². The van der Waals surface area contributed by atoms with Crippen LogP contribution in [0.25, 0.3) is 21.5 Å². The summed E-state index contributed by atoms with van der Waals surface area (Å²) < 4.78 is 5.10. The maximum atomic E-state index is 10.4. The number of fused-ring (bicyclic) bond motifs is 2. The van der Waals surface area contributed by atoms with Gasteiger partial charge in [-0.2, -0.15) is 0 Å². The van der Waals surface area contributed by atoms with Crippen molar-refractivity contribution in [1.82, 2.24) is 0 Å². The van der Waals surface area contributed by atoms with E-state index >= 15 is 0 Å². The van der Waals surface area contributed by atoms with Crippen molar-refractivity contribution in [3.63, 3.8) is 0 Å². The zero-order valence-electron chi connectivity index (χ0n) is 11.1. The first kappa shape index (κ1) is 12.4. The Labute approximate surface area is 115 Å². The quantitative estimate of drug-likeness (QED) is 0.592. The lowest BCUT2D eigenvalue weighted by molar-refractivity contribution is 0.409. The van der Waals surface area contributed by atoms with Crippen molar-refractivity contribution in [2.75, 3.05) is 7.11 Å². The molecule has 0 unspecified atom stereocenters. The fourth-order valence-electron chi connectivity index (χ4n) is 2.49. The molecule has 0 saturated heterocycles. The van der Waals surface area contributed by atoms with E-state index in [0.717, 1.165) is 5.56 Å². The largest absolute Gasteiger partial charge is 0.507 e. The summed E-state index contributed by atoms with van der Waals surface area (Å²) in [5, 5.41) is 32.5. The van der Waals surface area contributed by atoms with Gasteiger partial charge in [0.05, 0.1) is 7.11 Å². The van der Waals surface area contributed by atoms with Crippen LogP contribution in [0.2, 0.25) is 0 Å². The fraction of sp³-hybridized carbons (Fsp3) is 0.125. The molecule has 3 rings (SSSR count). The molecule has 0 radical (unpaired) electrons. The minimum Gasteiger partial charge on any atom is -0.507 e. The van der Waals surface area contributed by atoms with Crippen LogP contribution in [0.3, 0.4) is 0 Å². The lowest BCUT2D eigenvalue weighted by Crippen LogP contribution is -1.86. The maximum Gasteiger partial charge on any atom is 0.131 e. The van der Waals surface area contributed by atoms with Crippen molar-refractivity contribution in [1.29, 1.82) is 0 Å². The zero-order chi connectivity index (χ0) is 14.4. The number of methoxy groups -OCH3 is 1.